The molecule has 0 bridgehead atoms. The number of thiocarbonyl (C=S) groups is 1. The van der Waals surface area contributed by atoms with Crippen LogP contribution in [0.1, 0.15) is 36.6 Å². The Morgan fingerprint density at radius 1 is 1.05 bits per heavy atom. The summed E-state index contributed by atoms with van der Waals surface area (Å²) in [5, 5.41) is 10.5. The smallest absolute Gasteiger partial charge is 0.338 e. The molecule has 1 atom stereocenters. The van der Waals surface area contributed by atoms with Crippen molar-refractivity contribution in [1.82, 2.24) is 16.1 Å². The van der Waals surface area contributed by atoms with Crippen LogP contribution in [0.4, 0.5) is 0 Å². The summed E-state index contributed by atoms with van der Waals surface area (Å²) in [6.45, 7) is 3.92. The van der Waals surface area contributed by atoms with Crippen LogP contribution in [-0.4, -0.2) is 36.4 Å². The number of allylic oxidation sites excluding steroid dienone is 1. The van der Waals surface area contributed by atoms with Gasteiger partial charge in [0.2, 0.25) is 0 Å². The van der Waals surface area contributed by atoms with Crippen molar-refractivity contribution >= 4 is 58.0 Å². The van der Waals surface area contributed by atoms with Crippen molar-refractivity contribution in [2.75, 3.05) is 13.2 Å². The number of rotatable bonds is 11. The Kier molecular flexibility index (Phi) is 10.7. The second-order valence-corrected chi connectivity index (χ2v) is 10.5. The van der Waals surface area contributed by atoms with Crippen molar-refractivity contribution in [2.45, 2.75) is 26.5 Å². The second kappa shape index (κ2) is 14.6. The minimum Gasteiger partial charge on any atom is -0.489 e. The summed E-state index contributed by atoms with van der Waals surface area (Å²) in [7, 11) is 0. The topological polar surface area (TPSA) is 110 Å². The summed E-state index contributed by atoms with van der Waals surface area (Å²) in [6.07, 6.45) is 1.54. The Morgan fingerprint density at radius 3 is 2.51 bits per heavy atom. The van der Waals surface area contributed by atoms with Gasteiger partial charge < -0.3 is 24.8 Å². The van der Waals surface area contributed by atoms with E-state index in [9.17, 15) is 9.59 Å². The lowest BCUT2D eigenvalue weighted by Crippen LogP contribution is -2.45. The van der Waals surface area contributed by atoms with Crippen LogP contribution < -0.4 is 25.5 Å². The lowest BCUT2D eigenvalue weighted by molar-refractivity contribution is -0.139. The molecule has 9 nitrogen and oxygen atoms in total. The molecule has 0 aromatic heterocycles. The number of para-hydroxylation sites is 1. The van der Waals surface area contributed by atoms with Gasteiger partial charge in [-0.2, -0.15) is 5.10 Å². The Bertz CT molecular complexity index is 1460. The SMILES string of the molecule is CCOC(=O)C1=C(C)NC(=S)N[C@@H]1c1ccccc1OCC(=O)NN=Cc1ccc(OCc2ccc(I)cc2)cc1. The summed E-state index contributed by atoms with van der Waals surface area (Å²) >= 11 is 7.58. The van der Waals surface area contributed by atoms with Crippen molar-refractivity contribution in [3.05, 3.63) is 104 Å². The molecule has 0 saturated heterocycles. The Morgan fingerprint density at radius 2 is 1.78 bits per heavy atom. The monoisotopic (exact) mass is 684 g/mol. The van der Waals surface area contributed by atoms with Gasteiger partial charge in [0.05, 0.1) is 24.4 Å². The molecule has 0 spiro atoms. The highest BCUT2D eigenvalue weighted by molar-refractivity contribution is 14.1. The maximum atomic E-state index is 12.7. The van der Waals surface area contributed by atoms with Gasteiger partial charge in [-0.15, -0.1) is 0 Å². The van der Waals surface area contributed by atoms with Crippen LogP contribution in [0.2, 0.25) is 0 Å². The van der Waals surface area contributed by atoms with E-state index in [4.69, 9.17) is 26.4 Å². The number of nitrogens with one attached hydrogen (secondary N) is 3. The molecule has 3 N–H and O–H groups in total. The van der Waals surface area contributed by atoms with E-state index < -0.39 is 17.9 Å². The maximum Gasteiger partial charge on any atom is 0.338 e. The zero-order valence-corrected chi connectivity index (χ0v) is 25.5. The van der Waals surface area contributed by atoms with E-state index in [0.29, 0.717) is 34.3 Å². The first-order valence-electron chi connectivity index (χ1n) is 12.8. The third-order valence-corrected chi connectivity index (χ3v) is 6.89. The zero-order chi connectivity index (χ0) is 29.2. The van der Waals surface area contributed by atoms with Gasteiger partial charge in [0, 0.05) is 14.8 Å². The van der Waals surface area contributed by atoms with E-state index in [2.05, 4.69) is 43.8 Å². The van der Waals surface area contributed by atoms with Gasteiger partial charge in [0.15, 0.2) is 11.7 Å². The van der Waals surface area contributed by atoms with Crippen LogP contribution in [0.5, 0.6) is 11.5 Å². The first-order valence-corrected chi connectivity index (χ1v) is 14.3. The number of esters is 1. The lowest BCUT2D eigenvalue weighted by Gasteiger charge is -2.30. The molecule has 1 aliphatic rings. The predicted octanol–water partition coefficient (Wildman–Crippen LogP) is 4.76. The number of hydrazone groups is 1. The number of amides is 1. The Labute approximate surface area is 257 Å². The minimum atomic E-state index is -0.608. The quantitative estimate of drug-likeness (QED) is 0.0874. The normalized spacial score (nSPS) is 14.7. The van der Waals surface area contributed by atoms with Gasteiger partial charge in [0.1, 0.15) is 18.1 Å². The summed E-state index contributed by atoms with van der Waals surface area (Å²) in [5.74, 6) is 0.242. The molecule has 0 unspecified atom stereocenters. The van der Waals surface area contributed by atoms with Gasteiger partial charge in [-0.3, -0.25) is 4.79 Å². The van der Waals surface area contributed by atoms with Gasteiger partial charge in [-0.1, -0.05) is 30.3 Å². The lowest BCUT2D eigenvalue weighted by atomic mass is 9.95. The number of ether oxygens (including phenoxy) is 3. The highest BCUT2D eigenvalue weighted by Crippen LogP contribution is 2.33. The van der Waals surface area contributed by atoms with E-state index >= 15 is 0 Å². The molecule has 1 amide bonds. The predicted molar refractivity (Wildman–Crippen MR) is 169 cm³/mol. The van der Waals surface area contributed by atoms with Gasteiger partial charge in [-0.25, -0.2) is 10.2 Å². The number of nitrogens with zero attached hydrogens (tertiary/aromatic N) is 1. The van der Waals surface area contributed by atoms with E-state index in [1.165, 1.54) is 9.78 Å². The molecule has 212 valence electrons. The van der Waals surface area contributed by atoms with E-state index in [0.717, 1.165) is 16.9 Å². The standard InChI is InChI=1S/C30H29IN4O5S/c1-3-38-29(37)27-19(2)33-30(41)34-28(27)24-6-4-5-7-25(24)40-18-26(36)35-32-16-20-10-14-23(15-11-20)39-17-21-8-12-22(31)13-9-21/h4-16,28H,3,17-18H2,1-2H3,(H,35,36)(H2,33,34,41)/t28-/m1/s1. The molecule has 3 aromatic carbocycles. The summed E-state index contributed by atoms with van der Waals surface area (Å²) in [4.78, 5) is 25.2. The van der Waals surface area contributed by atoms with Crippen molar-refractivity contribution < 1.29 is 23.8 Å². The molecule has 4 rings (SSSR count). The molecule has 0 saturated carbocycles. The van der Waals surface area contributed by atoms with Crippen LogP contribution in [-0.2, 0) is 20.9 Å². The molecule has 41 heavy (non-hydrogen) atoms. The van der Waals surface area contributed by atoms with Crippen molar-refractivity contribution in [3.8, 4) is 11.5 Å². The number of benzene rings is 3. The summed E-state index contributed by atoms with van der Waals surface area (Å²) < 4.78 is 18.1. The Balaban J connectivity index is 1.32. The van der Waals surface area contributed by atoms with Crippen molar-refractivity contribution in [1.29, 1.82) is 0 Å². The average Bonchev–Trinajstić information content (AvgIpc) is 2.96. The van der Waals surface area contributed by atoms with Crippen molar-refractivity contribution in [3.63, 3.8) is 0 Å². The molecular weight excluding hydrogens is 655 g/mol. The van der Waals surface area contributed by atoms with Crippen LogP contribution >= 0.6 is 34.8 Å². The highest BCUT2D eigenvalue weighted by atomic mass is 127. The van der Waals surface area contributed by atoms with Gasteiger partial charge >= 0.3 is 5.97 Å². The van der Waals surface area contributed by atoms with Crippen LogP contribution in [0.25, 0.3) is 0 Å². The fraction of sp³-hybridized carbons (Fsp3) is 0.200. The zero-order valence-electron chi connectivity index (χ0n) is 22.5. The van der Waals surface area contributed by atoms with Crippen molar-refractivity contribution in [2.24, 2.45) is 5.10 Å². The number of hydrogen-bond acceptors (Lipinski definition) is 7. The summed E-state index contributed by atoms with van der Waals surface area (Å²) in [6, 6.07) is 22.0. The first-order chi connectivity index (χ1) is 19.8. The number of halogens is 1. The molecule has 0 fully saturated rings. The molecule has 1 heterocycles. The first kappa shape index (κ1) is 30.0. The average molecular weight is 685 g/mol. The molecule has 3 aromatic rings. The molecular formula is C30H29IN4O5S. The van der Waals surface area contributed by atoms with E-state index in [1.807, 2.05) is 54.6 Å². The number of carbonyl (C=O) groups excluding carboxylic acids is 2. The Hall–Kier alpha value is -3.97. The van der Waals surface area contributed by atoms with Gasteiger partial charge in [-0.05, 0) is 102 Å². The fourth-order valence-corrected chi connectivity index (χ4v) is 4.64. The summed E-state index contributed by atoms with van der Waals surface area (Å²) in [5.41, 5.74) is 5.96. The fourth-order valence-electron chi connectivity index (χ4n) is 4.01. The number of carbonyl (C=O) groups is 2. The third kappa shape index (κ3) is 8.51. The highest BCUT2D eigenvalue weighted by Gasteiger charge is 2.32. The molecule has 1 aliphatic heterocycles. The molecule has 0 radical (unpaired) electrons. The van der Waals surface area contributed by atoms with E-state index in [-0.39, 0.29) is 13.2 Å². The number of hydrogen-bond donors (Lipinski definition) is 3. The van der Waals surface area contributed by atoms with Crippen LogP contribution in [0, 0.1) is 3.57 Å². The van der Waals surface area contributed by atoms with E-state index in [1.54, 1.807) is 32.0 Å². The largest absolute Gasteiger partial charge is 0.489 e. The second-order valence-electron chi connectivity index (χ2n) is 8.89. The van der Waals surface area contributed by atoms with Gasteiger partial charge in [0.25, 0.3) is 5.91 Å². The maximum absolute atomic E-state index is 12.7. The molecule has 0 aliphatic carbocycles. The van der Waals surface area contributed by atoms with Crippen LogP contribution in [0.3, 0.4) is 0 Å². The molecule has 11 heteroatoms. The van der Waals surface area contributed by atoms with Crippen LogP contribution in [0.15, 0.2) is 89.2 Å². The minimum absolute atomic E-state index is 0.233. The third-order valence-electron chi connectivity index (χ3n) is 5.96.